The highest BCUT2D eigenvalue weighted by Gasteiger charge is 2.31. The van der Waals surface area contributed by atoms with Crippen LogP contribution in [0, 0.1) is 0 Å². The van der Waals surface area contributed by atoms with E-state index in [1.54, 1.807) is 31.3 Å². The van der Waals surface area contributed by atoms with Gasteiger partial charge in [0.1, 0.15) is 5.75 Å². The summed E-state index contributed by atoms with van der Waals surface area (Å²) < 4.78 is 16.9. The van der Waals surface area contributed by atoms with Gasteiger partial charge in [0.2, 0.25) is 5.91 Å². The predicted molar refractivity (Wildman–Crippen MR) is 115 cm³/mol. The molecule has 1 aliphatic rings. The van der Waals surface area contributed by atoms with Crippen molar-refractivity contribution in [3.63, 3.8) is 0 Å². The van der Waals surface area contributed by atoms with Gasteiger partial charge in [0.25, 0.3) is 5.91 Å². The molecule has 1 atom stereocenters. The Labute approximate surface area is 176 Å². The SMILES string of the molecule is CCOc1ccc(NC(=O)CN2C[C@H](C(=O)NC)Oc3ccccc32)cc1OCC. The molecule has 0 aliphatic carbocycles. The van der Waals surface area contributed by atoms with Crippen LogP contribution in [0.1, 0.15) is 13.8 Å². The Hall–Kier alpha value is -3.42. The van der Waals surface area contributed by atoms with E-state index in [2.05, 4.69) is 10.6 Å². The van der Waals surface area contributed by atoms with E-state index in [9.17, 15) is 9.59 Å². The smallest absolute Gasteiger partial charge is 0.262 e. The van der Waals surface area contributed by atoms with Crippen LogP contribution in [0.15, 0.2) is 42.5 Å². The van der Waals surface area contributed by atoms with Gasteiger partial charge in [-0.05, 0) is 38.1 Å². The molecular weight excluding hydrogens is 386 g/mol. The lowest BCUT2D eigenvalue weighted by Gasteiger charge is -2.35. The molecule has 0 radical (unpaired) electrons. The van der Waals surface area contributed by atoms with Gasteiger partial charge in [-0.1, -0.05) is 12.1 Å². The van der Waals surface area contributed by atoms with Gasteiger partial charge in [-0.25, -0.2) is 0 Å². The molecule has 2 aromatic rings. The monoisotopic (exact) mass is 413 g/mol. The summed E-state index contributed by atoms with van der Waals surface area (Å²) in [5.41, 5.74) is 1.38. The average molecular weight is 413 g/mol. The molecule has 3 rings (SSSR count). The largest absolute Gasteiger partial charge is 0.490 e. The first-order chi connectivity index (χ1) is 14.5. The number of carbonyl (C=O) groups excluding carboxylic acids is 2. The zero-order valence-electron chi connectivity index (χ0n) is 17.4. The molecule has 8 nitrogen and oxygen atoms in total. The Morgan fingerprint density at radius 1 is 1.10 bits per heavy atom. The molecule has 2 amide bonds. The number of amides is 2. The van der Waals surface area contributed by atoms with E-state index in [4.69, 9.17) is 14.2 Å². The zero-order valence-corrected chi connectivity index (χ0v) is 17.4. The molecule has 2 N–H and O–H groups in total. The molecule has 8 heteroatoms. The number of benzene rings is 2. The Bertz CT molecular complexity index is 902. The average Bonchev–Trinajstić information content (AvgIpc) is 2.75. The number of carbonyl (C=O) groups is 2. The summed E-state index contributed by atoms with van der Waals surface area (Å²) in [6, 6.07) is 12.6. The summed E-state index contributed by atoms with van der Waals surface area (Å²) in [7, 11) is 1.56. The van der Waals surface area contributed by atoms with Crippen LogP contribution < -0.4 is 29.7 Å². The fraction of sp³-hybridized carbons (Fsp3) is 0.364. The van der Waals surface area contributed by atoms with E-state index in [0.29, 0.717) is 36.1 Å². The normalized spacial score (nSPS) is 14.9. The van der Waals surface area contributed by atoms with Crippen LogP contribution in [0.25, 0.3) is 0 Å². The van der Waals surface area contributed by atoms with Crippen molar-refractivity contribution in [2.24, 2.45) is 0 Å². The van der Waals surface area contributed by atoms with Crippen LogP contribution in [0.3, 0.4) is 0 Å². The third kappa shape index (κ3) is 4.94. The molecule has 0 saturated heterocycles. The molecule has 1 aliphatic heterocycles. The van der Waals surface area contributed by atoms with E-state index < -0.39 is 6.10 Å². The standard InChI is InChI=1S/C22H27N3O5/c1-4-28-18-11-10-15(12-19(18)29-5-2)24-21(26)14-25-13-20(22(27)23-3)30-17-9-7-6-8-16(17)25/h6-12,20H,4-5,13-14H2,1-3H3,(H,23,27)(H,24,26)/t20-/m1/s1. The number of nitrogens with zero attached hydrogens (tertiary/aromatic N) is 1. The molecule has 0 spiro atoms. The summed E-state index contributed by atoms with van der Waals surface area (Å²) >= 11 is 0. The first-order valence-electron chi connectivity index (χ1n) is 9.97. The minimum Gasteiger partial charge on any atom is -0.490 e. The molecule has 0 bridgehead atoms. The molecule has 0 saturated carbocycles. The van der Waals surface area contributed by atoms with Crippen LogP contribution >= 0.6 is 0 Å². The van der Waals surface area contributed by atoms with E-state index >= 15 is 0 Å². The lowest BCUT2D eigenvalue weighted by Crippen LogP contribution is -2.50. The van der Waals surface area contributed by atoms with Gasteiger partial charge in [-0.2, -0.15) is 0 Å². The van der Waals surface area contributed by atoms with Gasteiger partial charge in [0.05, 0.1) is 32.0 Å². The Morgan fingerprint density at radius 2 is 1.83 bits per heavy atom. The Balaban J connectivity index is 1.73. The van der Waals surface area contributed by atoms with E-state index in [0.717, 1.165) is 5.69 Å². The van der Waals surface area contributed by atoms with Gasteiger partial charge in [0.15, 0.2) is 17.6 Å². The molecule has 30 heavy (non-hydrogen) atoms. The van der Waals surface area contributed by atoms with Crippen LogP contribution in [-0.2, 0) is 9.59 Å². The summed E-state index contributed by atoms with van der Waals surface area (Å²) in [6.07, 6.45) is -0.687. The maximum atomic E-state index is 12.8. The maximum absolute atomic E-state index is 12.8. The van der Waals surface area contributed by atoms with Crippen molar-refractivity contribution in [2.45, 2.75) is 20.0 Å². The van der Waals surface area contributed by atoms with Gasteiger partial charge in [-0.3, -0.25) is 9.59 Å². The summed E-state index contributed by atoms with van der Waals surface area (Å²) in [4.78, 5) is 26.7. The molecule has 0 fully saturated rings. The van der Waals surface area contributed by atoms with Crippen molar-refractivity contribution in [1.29, 1.82) is 0 Å². The van der Waals surface area contributed by atoms with E-state index in [-0.39, 0.29) is 24.9 Å². The van der Waals surface area contributed by atoms with Crippen molar-refractivity contribution in [3.8, 4) is 17.2 Å². The number of likely N-dealkylation sites (N-methyl/N-ethyl adjacent to an activating group) is 1. The maximum Gasteiger partial charge on any atom is 0.262 e. The van der Waals surface area contributed by atoms with Crippen LogP contribution in [0.4, 0.5) is 11.4 Å². The number of rotatable bonds is 8. The first kappa shape index (κ1) is 21.3. The second kappa shape index (κ2) is 9.87. The van der Waals surface area contributed by atoms with Crippen molar-refractivity contribution < 1.29 is 23.8 Å². The third-order valence-electron chi connectivity index (χ3n) is 4.56. The number of para-hydroxylation sites is 2. The van der Waals surface area contributed by atoms with E-state index in [1.807, 2.05) is 36.9 Å². The molecule has 1 heterocycles. The number of anilines is 2. The topological polar surface area (TPSA) is 89.1 Å². The van der Waals surface area contributed by atoms with Crippen LogP contribution in [0.5, 0.6) is 17.2 Å². The van der Waals surface area contributed by atoms with E-state index in [1.165, 1.54) is 0 Å². The van der Waals surface area contributed by atoms with Gasteiger partial charge in [-0.15, -0.1) is 0 Å². The molecule has 0 aromatic heterocycles. The third-order valence-corrected chi connectivity index (χ3v) is 4.56. The highest BCUT2D eigenvalue weighted by Crippen LogP contribution is 2.33. The minimum atomic E-state index is -0.687. The molecule has 160 valence electrons. The zero-order chi connectivity index (χ0) is 21.5. The van der Waals surface area contributed by atoms with Crippen molar-refractivity contribution in [2.75, 3.05) is 43.6 Å². The van der Waals surface area contributed by atoms with Gasteiger partial charge < -0.3 is 29.7 Å². The molecule has 0 unspecified atom stereocenters. The summed E-state index contributed by atoms with van der Waals surface area (Å²) in [6.45, 7) is 5.15. The summed E-state index contributed by atoms with van der Waals surface area (Å²) in [5, 5.41) is 5.48. The molecular formula is C22H27N3O5. The quantitative estimate of drug-likeness (QED) is 0.691. The lowest BCUT2D eigenvalue weighted by molar-refractivity contribution is -0.127. The second-order valence-electron chi connectivity index (χ2n) is 6.64. The van der Waals surface area contributed by atoms with Gasteiger partial charge in [0, 0.05) is 18.8 Å². The highest BCUT2D eigenvalue weighted by molar-refractivity contribution is 5.95. The number of fused-ring (bicyclic) bond motifs is 1. The molecule has 2 aromatic carbocycles. The number of hydrogen-bond donors (Lipinski definition) is 2. The van der Waals surface area contributed by atoms with Gasteiger partial charge >= 0.3 is 0 Å². The van der Waals surface area contributed by atoms with Crippen molar-refractivity contribution >= 4 is 23.2 Å². The number of nitrogens with one attached hydrogen (secondary N) is 2. The Morgan fingerprint density at radius 3 is 2.57 bits per heavy atom. The summed E-state index contributed by atoms with van der Waals surface area (Å²) in [5.74, 6) is 1.34. The van der Waals surface area contributed by atoms with Crippen LogP contribution in [-0.4, -0.2) is 51.3 Å². The predicted octanol–water partition coefficient (Wildman–Crippen LogP) is 2.44. The first-order valence-corrected chi connectivity index (χ1v) is 9.97. The fourth-order valence-electron chi connectivity index (χ4n) is 3.26. The highest BCUT2D eigenvalue weighted by atomic mass is 16.5. The number of ether oxygens (including phenoxy) is 3. The Kier molecular flexibility index (Phi) is 7.00. The van der Waals surface area contributed by atoms with Crippen molar-refractivity contribution in [3.05, 3.63) is 42.5 Å². The second-order valence-corrected chi connectivity index (χ2v) is 6.64. The number of hydrogen-bond acceptors (Lipinski definition) is 6. The fourth-order valence-corrected chi connectivity index (χ4v) is 3.26. The van der Waals surface area contributed by atoms with Crippen molar-refractivity contribution in [1.82, 2.24) is 5.32 Å². The lowest BCUT2D eigenvalue weighted by atomic mass is 10.1. The minimum absolute atomic E-state index is 0.0745. The van der Waals surface area contributed by atoms with Crippen LogP contribution in [0.2, 0.25) is 0 Å².